The van der Waals surface area contributed by atoms with Gasteiger partial charge in [0.2, 0.25) is 0 Å². The second-order valence-electron chi connectivity index (χ2n) is 3.51. The lowest BCUT2D eigenvalue weighted by Gasteiger charge is -1.94. The predicted molar refractivity (Wildman–Crippen MR) is 72.9 cm³/mol. The van der Waals surface area contributed by atoms with Gasteiger partial charge in [0.05, 0.1) is 6.33 Å². The number of hydrogen-bond acceptors (Lipinski definition) is 4. The molecule has 1 aromatic heterocycles. The average molecular weight is 240 g/mol. The van der Waals surface area contributed by atoms with Gasteiger partial charge >= 0.3 is 0 Å². The molecule has 0 fully saturated rings. The second kappa shape index (κ2) is 5.58. The van der Waals surface area contributed by atoms with Crippen LogP contribution in [0.15, 0.2) is 52.5 Å². The van der Waals surface area contributed by atoms with E-state index >= 15 is 0 Å². The van der Waals surface area contributed by atoms with Crippen LogP contribution in [-0.2, 0) is 0 Å². The molecule has 0 aliphatic heterocycles. The molecular formula is C13H12N4O. The summed E-state index contributed by atoms with van der Waals surface area (Å²) in [6.07, 6.45) is 6.37. The molecule has 3 N–H and O–H groups in total. The Hall–Kier alpha value is -2.69. The summed E-state index contributed by atoms with van der Waals surface area (Å²) < 4.78 is 0. The Balaban J connectivity index is 2.13. The minimum absolute atomic E-state index is 0.114. The molecule has 0 atom stereocenters. The number of nitrogens with one attached hydrogen (secondary N) is 1. The zero-order valence-corrected chi connectivity index (χ0v) is 9.58. The van der Waals surface area contributed by atoms with Gasteiger partial charge in [-0.15, -0.1) is 0 Å². The van der Waals surface area contributed by atoms with Crippen LogP contribution in [0, 0.1) is 0 Å². The maximum atomic E-state index is 11.4. The molecule has 90 valence electrons. The molecule has 2 rings (SSSR count). The summed E-state index contributed by atoms with van der Waals surface area (Å²) in [6.45, 7) is 0. The summed E-state index contributed by atoms with van der Waals surface area (Å²) in [4.78, 5) is 21.5. The van der Waals surface area contributed by atoms with E-state index in [1.54, 1.807) is 6.08 Å². The van der Waals surface area contributed by atoms with E-state index in [2.05, 4.69) is 15.0 Å². The lowest BCUT2D eigenvalue weighted by molar-refractivity contribution is 1.12. The number of rotatable bonds is 3. The van der Waals surface area contributed by atoms with E-state index in [4.69, 9.17) is 5.73 Å². The van der Waals surface area contributed by atoms with Gasteiger partial charge in [0.25, 0.3) is 5.56 Å². The van der Waals surface area contributed by atoms with E-state index in [1.165, 1.54) is 12.5 Å². The molecule has 0 amide bonds. The van der Waals surface area contributed by atoms with Crippen molar-refractivity contribution in [1.82, 2.24) is 9.97 Å². The van der Waals surface area contributed by atoms with Gasteiger partial charge in [-0.3, -0.25) is 4.79 Å². The summed E-state index contributed by atoms with van der Waals surface area (Å²) >= 11 is 0. The highest BCUT2D eigenvalue weighted by molar-refractivity contribution is 5.81. The number of anilines is 1. The minimum atomic E-state index is -0.355. The van der Waals surface area contributed by atoms with Crippen LogP contribution >= 0.6 is 0 Å². The Kier molecular flexibility index (Phi) is 3.66. The third-order valence-electron chi connectivity index (χ3n) is 2.23. The standard InChI is InChI=1S/C13H12N4O/c14-12-11(13(18)17-9-16-12)15-8-4-7-10-5-2-1-3-6-10/h1-9H,(H3,14,16,17,18). The second-order valence-corrected chi connectivity index (χ2v) is 3.51. The van der Waals surface area contributed by atoms with Crippen LogP contribution in [-0.4, -0.2) is 16.2 Å². The van der Waals surface area contributed by atoms with Crippen LogP contribution in [0.3, 0.4) is 0 Å². The number of hydrogen-bond donors (Lipinski definition) is 2. The summed E-state index contributed by atoms with van der Waals surface area (Å²) in [5.41, 5.74) is 6.36. The third kappa shape index (κ3) is 2.91. The zero-order valence-electron chi connectivity index (χ0n) is 9.58. The molecule has 0 unspecified atom stereocenters. The number of H-pyrrole nitrogens is 1. The van der Waals surface area contributed by atoms with Crippen LogP contribution in [0.5, 0.6) is 0 Å². The number of nitrogens with two attached hydrogens (primary N) is 1. The molecule has 0 saturated heterocycles. The smallest absolute Gasteiger partial charge is 0.278 e. The fraction of sp³-hybridized carbons (Fsp3) is 0. The van der Waals surface area contributed by atoms with E-state index in [0.29, 0.717) is 0 Å². The topological polar surface area (TPSA) is 84.1 Å². The summed E-state index contributed by atoms with van der Waals surface area (Å²) in [5, 5.41) is 0. The maximum absolute atomic E-state index is 11.4. The average Bonchev–Trinajstić information content (AvgIpc) is 2.38. The van der Waals surface area contributed by atoms with Crippen molar-refractivity contribution in [3.8, 4) is 0 Å². The number of aromatic amines is 1. The first-order chi connectivity index (χ1) is 8.77. The van der Waals surface area contributed by atoms with Crippen molar-refractivity contribution in [3.63, 3.8) is 0 Å². The summed E-state index contributed by atoms with van der Waals surface area (Å²) in [5.74, 6) is 0.114. The third-order valence-corrected chi connectivity index (χ3v) is 2.23. The molecule has 0 aliphatic carbocycles. The molecule has 0 bridgehead atoms. The maximum Gasteiger partial charge on any atom is 0.278 e. The summed E-state index contributed by atoms with van der Waals surface area (Å²) in [7, 11) is 0. The zero-order chi connectivity index (χ0) is 12.8. The highest BCUT2D eigenvalue weighted by atomic mass is 16.1. The van der Waals surface area contributed by atoms with E-state index < -0.39 is 0 Å². The molecule has 0 saturated carbocycles. The van der Waals surface area contributed by atoms with Crippen molar-refractivity contribution in [2.45, 2.75) is 0 Å². The first-order valence-electron chi connectivity index (χ1n) is 5.36. The van der Waals surface area contributed by atoms with E-state index in [0.717, 1.165) is 5.56 Å². The Labute approximate surface area is 104 Å². The molecule has 5 heteroatoms. The van der Waals surface area contributed by atoms with E-state index in [1.807, 2.05) is 36.4 Å². The number of nitrogens with zero attached hydrogens (tertiary/aromatic N) is 2. The molecule has 0 aliphatic rings. The normalized spacial score (nSPS) is 11.3. The van der Waals surface area contributed by atoms with Gasteiger partial charge in [-0.05, 0) is 11.6 Å². The minimum Gasteiger partial charge on any atom is -0.382 e. The SMILES string of the molecule is Nc1nc[nH]c(=O)c1N=CC=Cc1ccccc1. The monoisotopic (exact) mass is 240 g/mol. The van der Waals surface area contributed by atoms with Crippen molar-refractivity contribution in [1.29, 1.82) is 0 Å². The van der Waals surface area contributed by atoms with Crippen LogP contribution in [0.25, 0.3) is 6.08 Å². The first kappa shape index (κ1) is 11.8. The molecule has 18 heavy (non-hydrogen) atoms. The van der Waals surface area contributed by atoms with Gasteiger partial charge < -0.3 is 10.7 Å². The summed E-state index contributed by atoms with van der Waals surface area (Å²) in [6, 6.07) is 9.77. The van der Waals surface area contributed by atoms with Crippen molar-refractivity contribution >= 4 is 23.8 Å². The van der Waals surface area contributed by atoms with Crippen molar-refractivity contribution in [2.75, 3.05) is 5.73 Å². The van der Waals surface area contributed by atoms with Crippen molar-refractivity contribution in [2.24, 2.45) is 4.99 Å². The Morgan fingerprint density at radius 1 is 1.28 bits per heavy atom. The molecule has 1 aromatic carbocycles. The number of nitrogen functional groups attached to an aromatic ring is 1. The van der Waals surface area contributed by atoms with Gasteiger partial charge in [0, 0.05) is 6.21 Å². The number of allylic oxidation sites excluding steroid dienone is 1. The van der Waals surface area contributed by atoms with E-state index in [9.17, 15) is 4.79 Å². The van der Waals surface area contributed by atoms with Crippen LogP contribution in [0.4, 0.5) is 11.5 Å². The fourth-order valence-corrected chi connectivity index (χ4v) is 1.37. The molecule has 0 radical (unpaired) electrons. The van der Waals surface area contributed by atoms with Crippen molar-refractivity contribution < 1.29 is 0 Å². The van der Waals surface area contributed by atoms with E-state index in [-0.39, 0.29) is 17.1 Å². The van der Waals surface area contributed by atoms with Gasteiger partial charge in [-0.25, -0.2) is 9.98 Å². The first-order valence-corrected chi connectivity index (χ1v) is 5.36. The van der Waals surface area contributed by atoms with Gasteiger partial charge in [-0.2, -0.15) is 0 Å². The largest absolute Gasteiger partial charge is 0.382 e. The Morgan fingerprint density at radius 3 is 2.78 bits per heavy atom. The number of aliphatic imine (C=N–C) groups is 1. The van der Waals surface area contributed by atoms with Crippen LogP contribution in [0.1, 0.15) is 5.56 Å². The lowest BCUT2D eigenvalue weighted by atomic mass is 10.2. The molecule has 1 heterocycles. The Bertz CT molecular complexity index is 629. The van der Waals surface area contributed by atoms with Gasteiger partial charge in [0.15, 0.2) is 11.5 Å². The molecule has 2 aromatic rings. The van der Waals surface area contributed by atoms with Crippen LogP contribution < -0.4 is 11.3 Å². The van der Waals surface area contributed by atoms with Gasteiger partial charge in [-0.1, -0.05) is 36.4 Å². The predicted octanol–water partition coefficient (Wildman–Crippen LogP) is 1.77. The number of aromatic nitrogens is 2. The molecule has 5 nitrogen and oxygen atoms in total. The van der Waals surface area contributed by atoms with Gasteiger partial charge in [0.1, 0.15) is 0 Å². The highest BCUT2D eigenvalue weighted by Crippen LogP contribution is 2.10. The highest BCUT2D eigenvalue weighted by Gasteiger charge is 2.00. The number of benzene rings is 1. The molecule has 0 spiro atoms. The quantitative estimate of drug-likeness (QED) is 0.802. The molecular weight excluding hydrogens is 228 g/mol. The Morgan fingerprint density at radius 2 is 2.06 bits per heavy atom. The van der Waals surface area contributed by atoms with Crippen LogP contribution in [0.2, 0.25) is 0 Å². The van der Waals surface area contributed by atoms with Crippen molar-refractivity contribution in [3.05, 3.63) is 58.7 Å². The fourth-order valence-electron chi connectivity index (χ4n) is 1.37. The lowest BCUT2D eigenvalue weighted by Crippen LogP contribution is -2.08.